The molecule has 3 aliphatic rings. The monoisotopic (exact) mass is 368 g/mol. The number of carbonyl (C=O) groups excluding carboxylic acids is 1. The molecule has 3 aliphatic heterocycles. The van der Waals surface area contributed by atoms with E-state index in [4.69, 9.17) is 9.47 Å². The molecular formula is C20H24N4O3. The van der Waals surface area contributed by atoms with Crippen LogP contribution in [0.5, 0.6) is 11.5 Å². The molecule has 0 spiro atoms. The van der Waals surface area contributed by atoms with Gasteiger partial charge in [0, 0.05) is 64.0 Å². The third-order valence-corrected chi connectivity index (χ3v) is 5.83. The average molecular weight is 368 g/mol. The van der Waals surface area contributed by atoms with E-state index in [-0.39, 0.29) is 5.92 Å². The number of ether oxygens (including phenoxy) is 2. The Morgan fingerprint density at radius 2 is 1.96 bits per heavy atom. The van der Waals surface area contributed by atoms with Crippen molar-refractivity contribution in [3.8, 4) is 11.5 Å². The van der Waals surface area contributed by atoms with Crippen molar-refractivity contribution in [1.29, 1.82) is 0 Å². The molecule has 1 atom stereocenters. The van der Waals surface area contributed by atoms with Crippen LogP contribution in [0, 0.1) is 5.92 Å². The average Bonchev–Trinajstić information content (AvgIpc) is 3.36. The number of rotatable bonds is 3. The minimum Gasteiger partial charge on any atom is -0.454 e. The highest BCUT2D eigenvalue weighted by molar-refractivity contribution is 5.79. The highest BCUT2D eigenvalue weighted by Crippen LogP contribution is 2.33. The molecule has 1 fully saturated rings. The van der Waals surface area contributed by atoms with Gasteiger partial charge in [0.2, 0.25) is 12.7 Å². The first-order chi connectivity index (χ1) is 13.3. The molecule has 0 saturated carbocycles. The minimum atomic E-state index is 0.0836. The summed E-state index contributed by atoms with van der Waals surface area (Å²) in [6.07, 6.45) is 5.52. The lowest BCUT2D eigenvalue weighted by atomic mass is 9.96. The maximum absolute atomic E-state index is 12.9. The largest absolute Gasteiger partial charge is 0.454 e. The summed E-state index contributed by atoms with van der Waals surface area (Å²) in [7, 11) is 0. The van der Waals surface area contributed by atoms with Gasteiger partial charge < -0.3 is 18.9 Å². The first-order valence-electron chi connectivity index (χ1n) is 9.66. The van der Waals surface area contributed by atoms with E-state index >= 15 is 0 Å². The van der Waals surface area contributed by atoms with Crippen LogP contribution in [0.1, 0.15) is 17.8 Å². The van der Waals surface area contributed by atoms with Gasteiger partial charge in [-0.15, -0.1) is 0 Å². The molecule has 1 unspecified atom stereocenters. The van der Waals surface area contributed by atoms with Gasteiger partial charge in [-0.25, -0.2) is 4.98 Å². The van der Waals surface area contributed by atoms with Gasteiger partial charge in [0.25, 0.3) is 0 Å². The first kappa shape index (κ1) is 16.6. The van der Waals surface area contributed by atoms with E-state index in [1.807, 2.05) is 23.4 Å². The third-order valence-electron chi connectivity index (χ3n) is 5.83. The zero-order valence-corrected chi connectivity index (χ0v) is 15.3. The lowest BCUT2D eigenvalue weighted by molar-refractivity contribution is -0.138. The molecule has 0 aliphatic carbocycles. The summed E-state index contributed by atoms with van der Waals surface area (Å²) in [4.78, 5) is 21.7. The van der Waals surface area contributed by atoms with Crippen LogP contribution in [-0.2, 0) is 24.3 Å². The molecule has 142 valence electrons. The summed E-state index contributed by atoms with van der Waals surface area (Å²) in [6, 6.07) is 6.13. The van der Waals surface area contributed by atoms with Gasteiger partial charge in [-0.1, -0.05) is 6.07 Å². The molecule has 0 N–H and O–H groups in total. The molecule has 4 heterocycles. The minimum absolute atomic E-state index is 0.0836. The van der Waals surface area contributed by atoms with Gasteiger partial charge >= 0.3 is 0 Å². The molecule has 7 nitrogen and oxygen atoms in total. The Morgan fingerprint density at radius 3 is 2.85 bits per heavy atom. The Balaban J connectivity index is 1.15. The third kappa shape index (κ3) is 3.27. The van der Waals surface area contributed by atoms with E-state index in [9.17, 15) is 4.79 Å². The van der Waals surface area contributed by atoms with Gasteiger partial charge in [-0.05, 0) is 24.1 Å². The second-order valence-electron chi connectivity index (χ2n) is 7.52. The van der Waals surface area contributed by atoms with Crippen molar-refractivity contribution in [2.45, 2.75) is 25.9 Å². The molecule has 1 aromatic carbocycles. The number of fused-ring (bicyclic) bond motifs is 2. The van der Waals surface area contributed by atoms with Gasteiger partial charge in [0.15, 0.2) is 11.5 Å². The van der Waals surface area contributed by atoms with Gasteiger partial charge in [-0.3, -0.25) is 9.69 Å². The highest BCUT2D eigenvalue weighted by Gasteiger charge is 2.30. The number of hydrogen-bond acceptors (Lipinski definition) is 5. The van der Waals surface area contributed by atoms with Crippen molar-refractivity contribution in [2.75, 3.05) is 33.0 Å². The fraction of sp³-hybridized carbons (Fsp3) is 0.500. The molecule has 2 aromatic rings. The van der Waals surface area contributed by atoms with Crippen molar-refractivity contribution in [2.24, 2.45) is 5.92 Å². The van der Waals surface area contributed by atoms with Crippen LogP contribution in [0.2, 0.25) is 0 Å². The first-order valence-corrected chi connectivity index (χ1v) is 9.66. The van der Waals surface area contributed by atoms with E-state index in [0.29, 0.717) is 12.7 Å². The van der Waals surface area contributed by atoms with Crippen LogP contribution in [0.4, 0.5) is 0 Å². The quantitative estimate of drug-likeness (QED) is 0.822. The normalized spacial score (nSPS) is 21.9. The summed E-state index contributed by atoms with van der Waals surface area (Å²) in [5.41, 5.74) is 1.22. The van der Waals surface area contributed by atoms with E-state index in [1.165, 1.54) is 5.56 Å². The van der Waals surface area contributed by atoms with E-state index in [1.54, 1.807) is 0 Å². The maximum atomic E-state index is 12.9. The van der Waals surface area contributed by atoms with Crippen LogP contribution < -0.4 is 9.47 Å². The summed E-state index contributed by atoms with van der Waals surface area (Å²) in [5.74, 6) is 3.08. The van der Waals surface area contributed by atoms with Crippen LogP contribution in [0.25, 0.3) is 0 Å². The molecular weight excluding hydrogens is 344 g/mol. The Morgan fingerprint density at radius 1 is 1.11 bits per heavy atom. The molecule has 1 aromatic heterocycles. The van der Waals surface area contributed by atoms with Crippen LogP contribution in [0.15, 0.2) is 30.6 Å². The van der Waals surface area contributed by atoms with Crippen LogP contribution in [-0.4, -0.2) is 58.2 Å². The van der Waals surface area contributed by atoms with E-state index in [0.717, 1.165) is 69.4 Å². The number of amides is 1. The Labute approximate surface area is 158 Å². The predicted molar refractivity (Wildman–Crippen MR) is 98.5 cm³/mol. The molecule has 27 heavy (non-hydrogen) atoms. The number of imidazole rings is 1. The lowest BCUT2D eigenvalue weighted by Crippen LogP contribution is -2.50. The zero-order chi connectivity index (χ0) is 18.2. The van der Waals surface area contributed by atoms with E-state index < -0.39 is 0 Å². The van der Waals surface area contributed by atoms with Crippen molar-refractivity contribution >= 4 is 5.91 Å². The van der Waals surface area contributed by atoms with Gasteiger partial charge in [-0.2, -0.15) is 0 Å². The SMILES string of the molecule is O=C(C1CCn2ccnc2C1)N1CCN(Cc2ccc3c(c2)OCO3)CC1. The van der Waals surface area contributed by atoms with Crippen molar-refractivity contribution in [3.63, 3.8) is 0 Å². The Bertz CT molecular complexity index is 842. The van der Waals surface area contributed by atoms with Crippen molar-refractivity contribution in [3.05, 3.63) is 42.0 Å². The molecule has 1 amide bonds. The number of nitrogens with zero attached hydrogens (tertiary/aromatic N) is 4. The fourth-order valence-corrected chi connectivity index (χ4v) is 4.24. The summed E-state index contributed by atoms with van der Waals surface area (Å²) >= 11 is 0. The summed E-state index contributed by atoms with van der Waals surface area (Å²) in [6.45, 7) is 5.49. The number of piperazine rings is 1. The van der Waals surface area contributed by atoms with Crippen molar-refractivity contribution < 1.29 is 14.3 Å². The molecule has 1 saturated heterocycles. The number of aryl methyl sites for hydroxylation is 1. The number of carbonyl (C=O) groups is 1. The van der Waals surface area contributed by atoms with Crippen molar-refractivity contribution in [1.82, 2.24) is 19.4 Å². The fourth-order valence-electron chi connectivity index (χ4n) is 4.24. The highest BCUT2D eigenvalue weighted by atomic mass is 16.7. The topological polar surface area (TPSA) is 59.8 Å². The van der Waals surface area contributed by atoms with Gasteiger partial charge in [0.05, 0.1) is 0 Å². The molecule has 7 heteroatoms. The second kappa shape index (κ2) is 6.88. The second-order valence-corrected chi connectivity index (χ2v) is 7.52. The number of hydrogen-bond donors (Lipinski definition) is 0. The summed E-state index contributed by atoms with van der Waals surface area (Å²) < 4.78 is 13.0. The smallest absolute Gasteiger partial charge is 0.231 e. The lowest BCUT2D eigenvalue weighted by Gasteiger charge is -2.37. The molecule has 0 radical (unpaired) electrons. The zero-order valence-electron chi connectivity index (χ0n) is 15.3. The Kier molecular flexibility index (Phi) is 4.24. The maximum Gasteiger partial charge on any atom is 0.231 e. The molecule has 0 bridgehead atoms. The van der Waals surface area contributed by atoms with Gasteiger partial charge in [0.1, 0.15) is 5.82 Å². The Hall–Kier alpha value is -2.54. The number of benzene rings is 1. The summed E-state index contributed by atoms with van der Waals surface area (Å²) in [5, 5.41) is 0. The van der Waals surface area contributed by atoms with Crippen LogP contribution in [0.3, 0.4) is 0 Å². The standard InChI is InChI=1S/C20H24N4O3/c25-20(16-3-5-23-6-4-21-19(23)12-16)24-9-7-22(8-10-24)13-15-1-2-17-18(11-15)27-14-26-17/h1-2,4,6,11,16H,3,5,7-10,12-14H2. The number of aromatic nitrogens is 2. The van der Waals surface area contributed by atoms with Crippen LogP contribution >= 0.6 is 0 Å². The van der Waals surface area contributed by atoms with E-state index in [2.05, 4.69) is 26.6 Å². The molecule has 5 rings (SSSR count). The predicted octanol–water partition coefficient (Wildman–Crippen LogP) is 1.52.